The number of ether oxygens (including phenoxy) is 1. The first-order chi connectivity index (χ1) is 12.9. The molecule has 0 saturated heterocycles. The molecule has 1 aliphatic rings. The molecular weight excluding hydrogens is 380 g/mol. The summed E-state index contributed by atoms with van der Waals surface area (Å²) in [6, 6.07) is 0.00345. The SMILES string of the molecule is CCCCC(CNC(=O)OC(C)(C)C)NC(=NC)NCC1(CS(C)(=O)=O)CC1. The van der Waals surface area contributed by atoms with Gasteiger partial charge >= 0.3 is 6.09 Å². The van der Waals surface area contributed by atoms with Crippen molar-refractivity contribution in [3.05, 3.63) is 0 Å². The maximum Gasteiger partial charge on any atom is 0.407 e. The highest BCUT2D eigenvalue weighted by atomic mass is 32.2. The molecule has 1 atom stereocenters. The van der Waals surface area contributed by atoms with Crippen molar-refractivity contribution in [1.29, 1.82) is 0 Å². The predicted octanol–water partition coefficient (Wildman–Crippen LogP) is 2.06. The van der Waals surface area contributed by atoms with Gasteiger partial charge in [0.2, 0.25) is 0 Å². The van der Waals surface area contributed by atoms with Gasteiger partial charge in [0.25, 0.3) is 0 Å². The van der Waals surface area contributed by atoms with Gasteiger partial charge in [-0.25, -0.2) is 13.2 Å². The second-order valence-electron chi connectivity index (χ2n) is 8.86. The van der Waals surface area contributed by atoms with E-state index in [1.54, 1.807) is 7.05 Å². The highest BCUT2D eigenvalue weighted by molar-refractivity contribution is 7.90. The fourth-order valence-electron chi connectivity index (χ4n) is 2.96. The maximum atomic E-state index is 11.9. The molecule has 1 amide bonds. The number of sulfone groups is 1. The van der Waals surface area contributed by atoms with Crippen LogP contribution in [-0.4, -0.2) is 64.3 Å². The van der Waals surface area contributed by atoms with Crippen LogP contribution in [0.5, 0.6) is 0 Å². The number of aliphatic imine (C=N–C) groups is 1. The molecule has 0 aromatic rings. The molecule has 0 radical (unpaired) electrons. The molecule has 0 bridgehead atoms. The number of guanidine groups is 1. The van der Waals surface area contributed by atoms with E-state index in [1.807, 2.05) is 20.8 Å². The van der Waals surface area contributed by atoms with Crippen LogP contribution < -0.4 is 16.0 Å². The van der Waals surface area contributed by atoms with Gasteiger partial charge in [-0.05, 0) is 40.0 Å². The average Bonchev–Trinajstić information content (AvgIpc) is 3.29. The Morgan fingerprint density at radius 1 is 1.25 bits per heavy atom. The number of amides is 1. The highest BCUT2D eigenvalue weighted by Crippen LogP contribution is 2.45. The Morgan fingerprint density at radius 3 is 2.36 bits per heavy atom. The number of nitrogens with zero attached hydrogens (tertiary/aromatic N) is 1. The Bertz CT molecular complexity index is 637. The number of carbonyl (C=O) groups is 1. The third kappa shape index (κ3) is 10.7. The van der Waals surface area contributed by atoms with E-state index in [0.29, 0.717) is 19.0 Å². The van der Waals surface area contributed by atoms with Gasteiger partial charge in [-0.2, -0.15) is 0 Å². The number of carbonyl (C=O) groups excluding carboxylic acids is 1. The molecule has 0 heterocycles. The first kappa shape index (κ1) is 24.5. The van der Waals surface area contributed by atoms with Gasteiger partial charge in [0.05, 0.1) is 5.75 Å². The molecule has 9 heteroatoms. The van der Waals surface area contributed by atoms with Crippen LogP contribution in [0.2, 0.25) is 0 Å². The lowest BCUT2D eigenvalue weighted by Gasteiger charge is -2.25. The first-order valence-electron chi connectivity index (χ1n) is 10.00. The van der Waals surface area contributed by atoms with Crippen LogP contribution in [0, 0.1) is 5.41 Å². The number of hydrogen-bond acceptors (Lipinski definition) is 5. The van der Waals surface area contributed by atoms with Crippen LogP contribution in [-0.2, 0) is 14.6 Å². The Labute approximate surface area is 170 Å². The Hall–Kier alpha value is -1.51. The van der Waals surface area contributed by atoms with E-state index in [1.165, 1.54) is 6.26 Å². The monoisotopic (exact) mass is 418 g/mol. The third-order valence-electron chi connectivity index (χ3n) is 4.52. The minimum atomic E-state index is -3.00. The molecule has 1 saturated carbocycles. The van der Waals surface area contributed by atoms with E-state index in [9.17, 15) is 13.2 Å². The Kier molecular flexibility index (Phi) is 9.04. The molecule has 1 aliphatic carbocycles. The highest BCUT2D eigenvalue weighted by Gasteiger charge is 2.45. The Morgan fingerprint density at radius 2 is 1.89 bits per heavy atom. The minimum Gasteiger partial charge on any atom is -0.444 e. The van der Waals surface area contributed by atoms with Gasteiger partial charge in [-0.3, -0.25) is 4.99 Å². The van der Waals surface area contributed by atoms with Crippen LogP contribution in [0.1, 0.15) is 59.8 Å². The van der Waals surface area contributed by atoms with Crippen LogP contribution in [0.4, 0.5) is 4.79 Å². The zero-order chi connectivity index (χ0) is 21.4. The molecule has 1 unspecified atom stereocenters. The standard InChI is InChI=1S/C19H38N4O4S/c1-7-8-9-15(12-21-17(24)27-18(2,3)4)23-16(20-5)22-13-19(10-11-19)14-28(6,25)26/h15H,7-14H2,1-6H3,(H,21,24)(H2,20,22,23). The second-order valence-corrected chi connectivity index (χ2v) is 11.0. The largest absolute Gasteiger partial charge is 0.444 e. The van der Waals surface area contributed by atoms with Gasteiger partial charge in [-0.1, -0.05) is 19.8 Å². The van der Waals surface area contributed by atoms with Gasteiger partial charge < -0.3 is 20.7 Å². The number of rotatable bonds is 10. The molecule has 0 spiro atoms. The van der Waals surface area contributed by atoms with E-state index in [0.717, 1.165) is 32.1 Å². The van der Waals surface area contributed by atoms with E-state index >= 15 is 0 Å². The molecule has 0 aromatic carbocycles. The van der Waals surface area contributed by atoms with Crippen LogP contribution in [0.3, 0.4) is 0 Å². The zero-order valence-corrected chi connectivity index (χ0v) is 19.0. The summed E-state index contributed by atoms with van der Waals surface area (Å²) in [5.74, 6) is 0.815. The smallest absolute Gasteiger partial charge is 0.407 e. The fraction of sp³-hybridized carbons (Fsp3) is 0.895. The molecule has 0 aromatic heterocycles. The van der Waals surface area contributed by atoms with Gasteiger partial charge in [-0.15, -0.1) is 0 Å². The predicted molar refractivity (Wildman–Crippen MR) is 113 cm³/mol. The molecule has 3 N–H and O–H groups in total. The average molecular weight is 419 g/mol. The summed E-state index contributed by atoms with van der Waals surface area (Å²) < 4.78 is 28.5. The molecule has 8 nitrogen and oxygen atoms in total. The Balaban J connectivity index is 2.56. The van der Waals surface area contributed by atoms with Crippen LogP contribution >= 0.6 is 0 Å². The first-order valence-corrected chi connectivity index (χ1v) is 12.1. The molecule has 1 rings (SSSR count). The summed E-state index contributed by atoms with van der Waals surface area (Å²) in [6.07, 6.45) is 5.60. The molecular formula is C19H38N4O4S. The van der Waals surface area contributed by atoms with Crippen molar-refractivity contribution >= 4 is 21.9 Å². The van der Waals surface area contributed by atoms with Crippen molar-refractivity contribution in [2.75, 3.05) is 32.1 Å². The van der Waals surface area contributed by atoms with E-state index in [2.05, 4.69) is 27.9 Å². The summed E-state index contributed by atoms with van der Waals surface area (Å²) in [7, 11) is -1.32. The number of alkyl carbamates (subject to hydrolysis) is 1. The molecule has 1 fully saturated rings. The van der Waals surface area contributed by atoms with Crippen molar-refractivity contribution in [2.45, 2.75) is 71.4 Å². The number of hydrogen-bond donors (Lipinski definition) is 3. The summed E-state index contributed by atoms with van der Waals surface area (Å²) in [4.78, 5) is 16.2. The number of nitrogens with one attached hydrogen (secondary N) is 3. The van der Waals surface area contributed by atoms with E-state index < -0.39 is 21.5 Å². The second kappa shape index (κ2) is 10.3. The van der Waals surface area contributed by atoms with Crippen molar-refractivity contribution in [1.82, 2.24) is 16.0 Å². The van der Waals surface area contributed by atoms with Gasteiger partial charge in [0.15, 0.2) is 5.96 Å². The summed E-state index contributed by atoms with van der Waals surface area (Å²) in [5.41, 5.74) is -0.717. The van der Waals surface area contributed by atoms with E-state index in [4.69, 9.17) is 4.74 Å². The van der Waals surface area contributed by atoms with Gasteiger partial charge in [0, 0.05) is 37.8 Å². The topological polar surface area (TPSA) is 109 Å². The zero-order valence-electron chi connectivity index (χ0n) is 18.2. The van der Waals surface area contributed by atoms with Crippen molar-refractivity contribution < 1.29 is 17.9 Å². The van der Waals surface area contributed by atoms with E-state index in [-0.39, 0.29) is 17.2 Å². The molecule has 0 aliphatic heterocycles. The third-order valence-corrected chi connectivity index (χ3v) is 5.66. The molecule has 164 valence electrons. The molecule has 28 heavy (non-hydrogen) atoms. The van der Waals surface area contributed by atoms with Crippen LogP contribution in [0.25, 0.3) is 0 Å². The summed E-state index contributed by atoms with van der Waals surface area (Å²) in [5, 5.41) is 9.40. The van der Waals surface area contributed by atoms with Crippen molar-refractivity contribution in [3.63, 3.8) is 0 Å². The normalized spacial score (nSPS) is 17.6. The minimum absolute atomic E-state index is 0.00345. The number of unbranched alkanes of at least 4 members (excludes halogenated alkanes) is 1. The summed E-state index contributed by atoms with van der Waals surface area (Å²) >= 11 is 0. The summed E-state index contributed by atoms with van der Waals surface area (Å²) in [6.45, 7) is 8.59. The lowest BCUT2D eigenvalue weighted by atomic mass is 10.1. The lowest BCUT2D eigenvalue weighted by Crippen LogP contribution is -2.50. The quantitative estimate of drug-likeness (QED) is 0.370. The maximum absolute atomic E-state index is 11.9. The fourth-order valence-corrected chi connectivity index (χ4v) is 4.46. The van der Waals surface area contributed by atoms with Gasteiger partial charge in [0.1, 0.15) is 15.4 Å². The van der Waals surface area contributed by atoms with Crippen molar-refractivity contribution in [2.24, 2.45) is 10.4 Å². The van der Waals surface area contributed by atoms with Crippen molar-refractivity contribution in [3.8, 4) is 0 Å². The van der Waals surface area contributed by atoms with Crippen LogP contribution in [0.15, 0.2) is 4.99 Å². The lowest BCUT2D eigenvalue weighted by molar-refractivity contribution is 0.0522.